The minimum absolute atomic E-state index is 0.0321. The summed E-state index contributed by atoms with van der Waals surface area (Å²) in [6, 6.07) is 12.1. The van der Waals surface area contributed by atoms with Gasteiger partial charge in [0.1, 0.15) is 5.75 Å². The average Bonchev–Trinajstić information content (AvgIpc) is 2.97. The largest absolute Gasteiger partial charge is 0.497 e. The minimum atomic E-state index is -0.511. The number of carbonyl (C=O) groups excluding carboxylic acids is 2. The minimum Gasteiger partial charge on any atom is -0.497 e. The molecule has 0 spiro atoms. The number of anilines is 3. The summed E-state index contributed by atoms with van der Waals surface area (Å²) in [5.74, 6) is -0.0479. The molecule has 1 aromatic heterocycles. The molecule has 0 unspecified atom stereocenters. The van der Waals surface area contributed by atoms with E-state index in [1.54, 1.807) is 30.2 Å². The van der Waals surface area contributed by atoms with E-state index in [-0.39, 0.29) is 30.1 Å². The Bertz CT molecular complexity index is 1420. The monoisotopic (exact) mass is 549 g/mol. The lowest BCUT2D eigenvalue weighted by atomic mass is 10.1. The summed E-state index contributed by atoms with van der Waals surface area (Å²) in [5, 5.41) is 12.2. The van der Waals surface area contributed by atoms with Crippen LogP contribution in [0.5, 0.6) is 5.75 Å². The Morgan fingerprint density at radius 3 is 2.27 bits per heavy atom. The highest BCUT2D eigenvalue weighted by Gasteiger charge is 2.23. The van der Waals surface area contributed by atoms with E-state index in [1.807, 2.05) is 18.2 Å². The zero-order valence-electron chi connectivity index (χ0n) is 22.9. The van der Waals surface area contributed by atoms with Crippen LogP contribution in [0.1, 0.15) is 17.0 Å². The Hall–Kier alpha value is -4.09. The van der Waals surface area contributed by atoms with Crippen molar-refractivity contribution in [1.82, 2.24) is 9.80 Å². The Morgan fingerprint density at radius 1 is 0.950 bits per heavy atom. The summed E-state index contributed by atoms with van der Waals surface area (Å²) in [6.45, 7) is 5.70. The number of piperazine rings is 2. The number of amides is 2. The molecule has 2 amide bonds. The number of aliphatic hydroxyl groups excluding tert-OH is 1. The van der Waals surface area contributed by atoms with Crippen LogP contribution in [0, 0.1) is 0 Å². The van der Waals surface area contributed by atoms with E-state index >= 15 is 0 Å². The molecule has 2 aliphatic heterocycles. The van der Waals surface area contributed by atoms with Gasteiger partial charge >= 0.3 is 0 Å². The summed E-state index contributed by atoms with van der Waals surface area (Å²) in [6.07, 6.45) is 0.150. The normalized spacial score (nSPS) is 16.3. The molecule has 0 aliphatic carbocycles. The fourth-order valence-electron chi connectivity index (χ4n) is 5.14. The highest BCUT2D eigenvalue weighted by atomic mass is 16.5. The van der Waals surface area contributed by atoms with Gasteiger partial charge in [-0.15, -0.1) is 0 Å². The van der Waals surface area contributed by atoms with Gasteiger partial charge in [0, 0.05) is 82.3 Å². The Morgan fingerprint density at radius 2 is 1.62 bits per heavy atom. The Balaban J connectivity index is 1.31. The van der Waals surface area contributed by atoms with Gasteiger partial charge in [0.15, 0.2) is 16.8 Å². The van der Waals surface area contributed by atoms with Crippen molar-refractivity contribution in [2.45, 2.75) is 6.42 Å². The van der Waals surface area contributed by atoms with Crippen molar-refractivity contribution in [2.75, 3.05) is 88.2 Å². The van der Waals surface area contributed by atoms with Gasteiger partial charge in [0.25, 0.3) is 5.91 Å². The third kappa shape index (κ3) is 5.90. The van der Waals surface area contributed by atoms with Crippen molar-refractivity contribution >= 4 is 39.8 Å². The van der Waals surface area contributed by atoms with E-state index in [9.17, 15) is 14.4 Å². The maximum absolute atomic E-state index is 13.1. The van der Waals surface area contributed by atoms with Crippen LogP contribution in [0.25, 0.3) is 11.0 Å². The van der Waals surface area contributed by atoms with Crippen molar-refractivity contribution in [3.63, 3.8) is 0 Å². The van der Waals surface area contributed by atoms with Crippen LogP contribution in [0.3, 0.4) is 0 Å². The molecule has 0 radical (unpaired) electrons. The number of hydrogen-bond donors (Lipinski definition) is 2. The molecule has 40 heavy (non-hydrogen) atoms. The summed E-state index contributed by atoms with van der Waals surface area (Å²) >= 11 is 0. The highest BCUT2D eigenvalue weighted by molar-refractivity contribution is 6.03. The van der Waals surface area contributed by atoms with Gasteiger partial charge in [-0.2, -0.15) is 0 Å². The summed E-state index contributed by atoms with van der Waals surface area (Å²) in [4.78, 5) is 46.6. The lowest BCUT2D eigenvalue weighted by molar-refractivity contribution is -0.132. The predicted octanol–water partition coefficient (Wildman–Crippen LogP) is 1.84. The second-order valence-corrected chi connectivity index (χ2v) is 10.1. The fraction of sp³-hybridized carbons (Fsp3) is 0.414. The topological polar surface area (TPSA) is 119 Å². The lowest BCUT2D eigenvalue weighted by Gasteiger charge is -2.36. The maximum Gasteiger partial charge on any atom is 0.291 e. The van der Waals surface area contributed by atoms with Crippen molar-refractivity contribution in [1.29, 1.82) is 0 Å². The molecule has 2 saturated heterocycles. The maximum atomic E-state index is 13.1. The summed E-state index contributed by atoms with van der Waals surface area (Å²) < 4.78 is 11.5. The first-order valence-corrected chi connectivity index (χ1v) is 13.5. The molecule has 2 N–H and O–H groups in total. The van der Waals surface area contributed by atoms with Crippen LogP contribution in [-0.4, -0.2) is 99.8 Å². The van der Waals surface area contributed by atoms with Gasteiger partial charge < -0.3 is 39.2 Å². The number of methoxy groups -OCH3 is 1. The number of carbonyl (C=O) groups is 2. The molecule has 2 aromatic carbocycles. The number of benzene rings is 2. The first-order chi connectivity index (χ1) is 19.4. The van der Waals surface area contributed by atoms with Crippen LogP contribution in [0.15, 0.2) is 51.7 Å². The van der Waals surface area contributed by atoms with Gasteiger partial charge in [-0.25, -0.2) is 0 Å². The second-order valence-electron chi connectivity index (χ2n) is 10.1. The molecule has 212 valence electrons. The Kier molecular flexibility index (Phi) is 8.22. The standard InChI is InChI=1S/C29H35N5O6/c1-31-8-10-33(11-9-31)24-18-22(39-2)17-23-25(36)19-26(40-28(23)24)29(38)30-20-3-5-21(6-4-20)32-12-14-34(15-13-32)27(37)7-16-35/h3-6,17-19,35H,7-16H2,1-2H3,(H,30,38). The first-order valence-electron chi connectivity index (χ1n) is 13.5. The fourth-order valence-corrected chi connectivity index (χ4v) is 5.14. The molecular formula is C29H35N5O6. The van der Waals surface area contributed by atoms with Gasteiger partial charge in [-0.3, -0.25) is 14.4 Å². The van der Waals surface area contributed by atoms with Gasteiger partial charge in [-0.1, -0.05) is 0 Å². The first kappa shape index (κ1) is 27.5. The van der Waals surface area contributed by atoms with Crippen LogP contribution in [0.4, 0.5) is 17.1 Å². The predicted molar refractivity (Wildman–Crippen MR) is 154 cm³/mol. The van der Waals surface area contributed by atoms with E-state index in [0.29, 0.717) is 48.6 Å². The quantitative estimate of drug-likeness (QED) is 0.455. The summed E-state index contributed by atoms with van der Waals surface area (Å²) in [5.41, 5.74) is 2.34. The molecule has 2 fully saturated rings. The molecule has 0 bridgehead atoms. The van der Waals surface area contributed by atoms with E-state index in [2.05, 4.69) is 27.1 Å². The van der Waals surface area contributed by atoms with Crippen LogP contribution < -0.4 is 25.3 Å². The number of nitrogens with zero attached hydrogens (tertiary/aromatic N) is 4. The molecule has 11 heteroatoms. The number of ether oxygens (including phenoxy) is 1. The zero-order chi connectivity index (χ0) is 28.2. The molecule has 2 aliphatic rings. The average molecular weight is 550 g/mol. The van der Waals surface area contributed by atoms with E-state index in [4.69, 9.17) is 14.3 Å². The van der Waals surface area contributed by atoms with Gasteiger partial charge in [0.05, 0.1) is 24.8 Å². The molecule has 5 rings (SSSR count). The molecule has 0 saturated carbocycles. The molecular weight excluding hydrogens is 514 g/mol. The van der Waals surface area contributed by atoms with Crippen molar-refractivity contribution in [3.05, 3.63) is 58.4 Å². The molecule has 11 nitrogen and oxygen atoms in total. The van der Waals surface area contributed by atoms with E-state index in [1.165, 1.54) is 6.07 Å². The SMILES string of the molecule is COc1cc(N2CCN(C)CC2)c2oc(C(=O)Nc3ccc(N4CCN(C(=O)CCO)CC4)cc3)cc(=O)c2c1. The molecule has 3 aromatic rings. The van der Waals surface area contributed by atoms with Gasteiger partial charge in [-0.05, 0) is 37.4 Å². The number of rotatable bonds is 7. The van der Waals surface area contributed by atoms with E-state index in [0.717, 1.165) is 37.6 Å². The van der Waals surface area contributed by atoms with Gasteiger partial charge in [0.2, 0.25) is 5.91 Å². The lowest BCUT2D eigenvalue weighted by Crippen LogP contribution is -2.48. The van der Waals surface area contributed by atoms with Crippen molar-refractivity contribution in [2.24, 2.45) is 0 Å². The van der Waals surface area contributed by atoms with E-state index < -0.39 is 5.91 Å². The third-order valence-corrected chi connectivity index (χ3v) is 7.53. The van der Waals surface area contributed by atoms with Crippen LogP contribution >= 0.6 is 0 Å². The Labute approximate surface area is 232 Å². The third-order valence-electron chi connectivity index (χ3n) is 7.53. The number of nitrogens with one attached hydrogen (secondary N) is 1. The number of fused-ring (bicyclic) bond motifs is 1. The van der Waals surface area contributed by atoms with Crippen LogP contribution in [-0.2, 0) is 4.79 Å². The zero-order valence-corrected chi connectivity index (χ0v) is 22.9. The van der Waals surface area contributed by atoms with Crippen molar-refractivity contribution in [3.8, 4) is 5.75 Å². The summed E-state index contributed by atoms with van der Waals surface area (Å²) in [7, 11) is 3.63. The number of aliphatic hydroxyl groups is 1. The second kappa shape index (κ2) is 12.0. The molecule has 0 atom stereocenters. The molecule has 3 heterocycles. The number of likely N-dealkylation sites (N-methyl/N-ethyl adjacent to an activating group) is 1. The van der Waals surface area contributed by atoms with Crippen LogP contribution in [0.2, 0.25) is 0 Å². The number of hydrogen-bond acceptors (Lipinski definition) is 9. The van der Waals surface area contributed by atoms with Crippen molar-refractivity contribution < 1.29 is 23.8 Å². The highest BCUT2D eigenvalue weighted by Crippen LogP contribution is 2.32. The smallest absolute Gasteiger partial charge is 0.291 e.